The SMILES string of the molecule is Cc1cc(Cl)ccc1OCCNC(=O)c1ccco1. The number of amides is 1. The third kappa shape index (κ3) is 3.76. The number of ether oxygens (including phenoxy) is 1. The van der Waals surface area contributed by atoms with Crippen LogP contribution in [0.25, 0.3) is 0 Å². The average Bonchev–Trinajstić information content (AvgIpc) is 2.90. The number of carbonyl (C=O) groups excluding carboxylic acids is 1. The van der Waals surface area contributed by atoms with Gasteiger partial charge in [-0.1, -0.05) is 11.6 Å². The van der Waals surface area contributed by atoms with Crippen LogP contribution in [0.5, 0.6) is 5.75 Å². The number of halogens is 1. The summed E-state index contributed by atoms with van der Waals surface area (Å²) in [5.74, 6) is 0.806. The van der Waals surface area contributed by atoms with Gasteiger partial charge < -0.3 is 14.5 Å². The van der Waals surface area contributed by atoms with Gasteiger partial charge in [-0.3, -0.25) is 4.79 Å². The van der Waals surface area contributed by atoms with E-state index in [0.717, 1.165) is 11.3 Å². The highest BCUT2D eigenvalue weighted by Crippen LogP contribution is 2.21. The Morgan fingerprint density at radius 2 is 2.26 bits per heavy atom. The molecule has 0 fully saturated rings. The van der Waals surface area contributed by atoms with E-state index >= 15 is 0 Å². The molecule has 5 heteroatoms. The molecule has 0 saturated heterocycles. The van der Waals surface area contributed by atoms with Crippen LogP contribution >= 0.6 is 11.6 Å². The summed E-state index contributed by atoms with van der Waals surface area (Å²) < 4.78 is 10.5. The van der Waals surface area contributed by atoms with Gasteiger partial charge in [0.1, 0.15) is 12.4 Å². The highest BCUT2D eigenvalue weighted by Gasteiger charge is 2.07. The number of rotatable bonds is 5. The minimum Gasteiger partial charge on any atom is -0.491 e. The lowest BCUT2D eigenvalue weighted by atomic mass is 10.2. The minimum atomic E-state index is -0.249. The van der Waals surface area contributed by atoms with E-state index < -0.39 is 0 Å². The topological polar surface area (TPSA) is 51.5 Å². The Morgan fingerprint density at radius 1 is 1.42 bits per heavy atom. The fourth-order valence-corrected chi connectivity index (χ4v) is 1.82. The summed E-state index contributed by atoms with van der Waals surface area (Å²) in [4.78, 5) is 11.6. The van der Waals surface area contributed by atoms with Crippen molar-refractivity contribution in [2.45, 2.75) is 6.92 Å². The fraction of sp³-hybridized carbons (Fsp3) is 0.214. The summed E-state index contributed by atoms with van der Waals surface area (Å²) in [6.45, 7) is 2.71. The molecule has 0 aliphatic rings. The van der Waals surface area contributed by atoms with E-state index in [1.165, 1.54) is 6.26 Å². The van der Waals surface area contributed by atoms with Crippen LogP contribution in [0.2, 0.25) is 5.02 Å². The third-order valence-electron chi connectivity index (χ3n) is 2.53. The summed E-state index contributed by atoms with van der Waals surface area (Å²) in [6.07, 6.45) is 1.46. The first-order valence-corrected chi connectivity index (χ1v) is 6.25. The standard InChI is InChI=1S/C14H14ClNO3/c1-10-9-11(15)4-5-12(10)19-8-6-16-14(17)13-3-2-7-18-13/h2-5,7,9H,6,8H2,1H3,(H,16,17). The Hall–Kier alpha value is -1.94. The largest absolute Gasteiger partial charge is 0.491 e. The van der Waals surface area contributed by atoms with E-state index in [9.17, 15) is 4.79 Å². The first-order chi connectivity index (χ1) is 9.16. The van der Waals surface area contributed by atoms with Crippen molar-refractivity contribution in [2.75, 3.05) is 13.2 Å². The average molecular weight is 280 g/mol. The molecule has 100 valence electrons. The van der Waals surface area contributed by atoms with Gasteiger partial charge in [-0.15, -0.1) is 0 Å². The molecule has 0 atom stereocenters. The molecule has 0 aliphatic heterocycles. The highest BCUT2D eigenvalue weighted by molar-refractivity contribution is 6.30. The van der Waals surface area contributed by atoms with Crippen LogP contribution < -0.4 is 10.1 Å². The second kappa shape index (κ2) is 6.29. The fourth-order valence-electron chi connectivity index (χ4n) is 1.60. The summed E-state index contributed by atoms with van der Waals surface area (Å²) in [5, 5.41) is 3.38. The Kier molecular flexibility index (Phi) is 4.47. The molecule has 0 radical (unpaired) electrons. The molecule has 4 nitrogen and oxygen atoms in total. The Balaban J connectivity index is 1.76. The van der Waals surface area contributed by atoms with Crippen LogP contribution in [0.4, 0.5) is 0 Å². The van der Waals surface area contributed by atoms with Crippen LogP contribution in [0.15, 0.2) is 41.0 Å². The lowest BCUT2D eigenvalue weighted by Gasteiger charge is -2.09. The minimum absolute atomic E-state index is 0.249. The number of hydrogen-bond acceptors (Lipinski definition) is 3. The van der Waals surface area contributed by atoms with Crippen molar-refractivity contribution >= 4 is 17.5 Å². The van der Waals surface area contributed by atoms with Crippen molar-refractivity contribution in [2.24, 2.45) is 0 Å². The molecular formula is C14H14ClNO3. The van der Waals surface area contributed by atoms with E-state index in [1.54, 1.807) is 18.2 Å². The maximum Gasteiger partial charge on any atom is 0.287 e. The maximum absolute atomic E-state index is 11.6. The third-order valence-corrected chi connectivity index (χ3v) is 2.76. The number of hydrogen-bond donors (Lipinski definition) is 1. The predicted molar refractivity (Wildman–Crippen MR) is 72.7 cm³/mol. The van der Waals surface area contributed by atoms with Crippen LogP contribution in [0, 0.1) is 6.92 Å². The van der Waals surface area contributed by atoms with Crippen LogP contribution in [0.1, 0.15) is 16.1 Å². The van der Waals surface area contributed by atoms with Gasteiger partial charge >= 0.3 is 0 Å². The summed E-state index contributed by atoms with van der Waals surface area (Å²) in [5.41, 5.74) is 0.963. The first-order valence-electron chi connectivity index (χ1n) is 5.87. The molecule has 1 amide bonds. The van der Waals surface area contributed by atoms with E-state index in [-0.39, 0.29) is 5.91 Å². The quantitative estimate of drug-likeness (QED) is 0.856. The zero-order valence-corrected chi connectivity index (χ0v) is 11.2. The van der Waals surface area contributed by atoms with Gasteiger partial charge in [-0.05, 0) is 42.8 Å². The lowest BCUT2D eigenvalue weighted by Crippen LogP contribution is -2.27. The summed E-state index contributed by atoms with van der Waals surface area (Å²) in [7, 11) is 0. The van der Waals surface area contributed by atoms with Gasteiger partial charge in [0, 0.05) is 5.02 Å². The van der Waals surface area contributed by atoms with Crippen LogP contribution in [-0.4, -0.2) is 19.1 Å². The second-order valence-electron chi connectivity index (χ2n) is 3.99. The first kappa shape index (κ1) is 13.5. The monoisotopic (exact) mass is 279 g/mol. The van der Waals surface area contributed by atoms with E-state index in [1.807, 2.05) is 19.1 Å². The maximum atomic E-state index is 11.6. The smallest absolute Gasteiger partial charge is 0.287 e. The number of aryl methyl sites for hydroxylation is 1. The Labute approximate surface area is 116 Å². The van der Waals surface area contributed by atoms with E-state index in [4.69, 9.17) is 20.8 Å². The van der Waals surface area contributed by atoms with Crippen molar-refractivity contribution in [1.29, 1.82) is 0 Å². The predicted octanol–water partition coefficient (Wildman–Crippen LogP) is 3.05. The normalized spacial score (nSPS) is 10.2. The van der Waals surface area contributed by atoms with E-state index in [2.05, 4.69) is 5.32 Å². The molecular weight excluding hydrogens is 266 g/mol. The lowest BCUT2D eigenvalue weighted by molar-refractivity contribution is 0.0919. The van der Waals surface area contributed by atoms with Crippen molar-refractivity contribution in [3.05, 3.63) is 52.9 Å². The number of carbonyl (C=O) groups is 1. The number of furan rings is 1. The van der Waals surface area contributed by atoms with Crippen molar-refractivity contribution < 1.29 is 13.9 Å². The molecule has 1 heterocycles. The molecule has 1 N–H and O–H groups in total. The van der Waals surface area contributed by atoms with Crippen molar-refractivity contribution in [1.82, 2.24) is 5.32 Å². The van der Waals surface area contributed by atoms with Gasteiger partial charge in [0.2, 0.25) is 0 Å². The molecule has 1 aromatic heterocycles. The molecule has 0 spiro atoms. The van der Waals surface area contributed by atoms with Gasteiger partial charge in [0.05, 0.1) is 12.8 Å². The van der Waals surface area contributed by atoms with Gasteiger partial charge in [0.25, 0.3) is 5.91 Å². The zero-order valence-electron chi connectivity index (χ0n) is 10.5. The van der Waals surface area contributed by atoms with Gasteiger partial charge in [-0.2, -0.15) is 0 Å². The highest BCUT2D eigenvalue weighted by atomic mass is 35.5. The summed E-state index contributed by atoms with van der Waals surface area (Å²) >= 11 is 5.85. The van der Waals surface area contributed by atoms with Crippen molar-refractivity contribution in [3.63, 3.8) is 0 Å². The number of nitrogens with one attached hydrogen (secondary N) is 1. The van der Waals surface area contributed by atoms with Crippen LogP contribution in [0.3, 0.4) is 0 Å². The summed E-state index contributed by atoms with van der Waals surface area (Å²) in [6, 6.07) is 8.69. The second-order valence-corrected chi connectivity index (χ2v) is 4.43. The molecule has 19 heavy (non-hydrogen) atoms. The molecule has 0 saturated carbocycles. The zero-order chi connectivity index (χ0) is 13.7. The molecule has 1 aromatic carbocycles. The van der Waals surface area contributed by atoms with Gasteiger partial charge in [0.15, 0.2) is 5.76 Å². The molecule has 0 unspecified atom stereocenters. The van der Waals surface area contributed by atoms with Gasteiger partial charge in [-0.25, -0.2) is 0 Å². The molecule has 2 rings (SSSR count). The van der Waals surface area contributed by atoms with Crippen molar-refractivity contribution in [3.8, 4) is 5.75 Å². The molecule has 2 aromatic rings. The van der Waals surface area contributed by atoms with Crippen LogP contribution in [-0.2, 0) is 0 Å². The molecule has 0 bridgehead atoms. The Morgan fingerprint density at radius 3 is 2.95 bits per heavy atom. The Bertz CT molecular complexity index is 552. The molecule has 0 aliphatic carbocycles. The number of benzene rings is 1. The van der Waals surface area contributed by atoms with E-state index in [0.29, 0.717) is 23.9 Å².